The molecule has 0 aliphatic carbocycles. The van der Waals surface area contributed by atoms with Crippen molar-refractivity contribution >= 4 is 32.9 Å². The lowest BCUT2D eigenvalue weighted by Gasteiger charge is -2.36. The summed E-state index contributed by atoms with van der Waals surface area (Å²) in [4.78, 5) is 8.99. The number of aromatic nitrogens is 4. The summed E-state index contributed by atoms with van der Waals surface area (Å²) in [5.41, 5.74) is 3.09. The highest BCUT2D eigenvalue weighted by Gasteiger charge is 2.61. The highest BCUT2D eigenvalue weighted by molar-refractivity contribution is 7.91. The van der Waals surface area contributed by atoms with Gasteiger partial charge in [-0.15, -0.1) is 14.1 Å². The summed E-state index contributed by atoms with van der Waals surface area (Å²) in [5, 5.41) is 11.8. The van der Waals surface area contributed by atoms with Gasteiger partial charge in [-0.25, -0.2) is 9.37 Å². The SMILES string of the molecule is CCS(=O)(=O)[N+]1(c2cnc(-c3nncs3)cn2)CC2(CCNCC2)c2ccc(F)cc21. The Hall–Kier alpha value is -2.34. The van der Waals surface area contributed by atoms with E-state index in [1.54, 1.807) is 18.5 Å². The number of rotatable bonds is 4. The van der Waals surface area contributed by atoms with E-state index in [4.69, 9.17) is 0 Å². The third-order valence-electron chi connectivity index (χ3n) is 6.43. The van der Waals surface area contributed by atoms with Gasteiger partial charge in [0.2, 0.25) is 0 Å². The summed E-state index contributed by atoms with van der Waals surface area (Å²) in [7, 11) is -3.76. The van der Waals surface area contributed by atoms with E-state index in [0.29, 0.717) is 16.4 Å². The molecule has 11 heteroatoms. The Labute approximate surface area is 183 Å². The summed E-state index contributed by atoms with van der Waals surface area (Å²) in [6, 6.07) is 4.54. The van der Waals surface area contributed by atoms with Crippen LogP contribution in [-0.4, -0.2) is 54.0 Å². The Kier molecular flexibility index (Phi) is 4.88. The molecule has 162 valence electrons. The van der Waals surface area contributed by atoms with E-state index in [9.17, 15) is 12.8 Å². The first-order chi connectivity index (χ1) is 14.9. The summed E-state index contributed by atoms with van der Waals surface area (Å²) < 4.78 is 41.3. The Morgan fingerprint density at radius 1 is 1.23 bits per heavy atom. The molecule has 2 aliphatic rings. The van der Waals surface area contributed by atoms with E-state index >= 15 is 0 Å². The lowest BCUT2D eigenvalue weighted by atomic mass is 9.75. The van der Waals surface area contributed by atoms with Gasteiger partial charge in [0.1, 0.15) is 29.8 Å². The number of quaternary nitrogens is 1. The van der Waals surface area contributed by atoms with Gasteiger partial charge in [-0.1, -0.05) is 11.3 Å². The summed E-state index contributed by atoms with van der Waals surface area (Å²) in [6.45, 7) is 3.47. The molecule has 3 aromatic rings. The van der Waals surface area contributed by atoms with E-state index in [0.717, 1.165) is 31.5 Å². The van der Waals surface area contributed by atoms with Crippen molar-refractivity contribution in [1.82, 2.24) is 29.4 Å². The number of hydrogen-bond donors (Lipinski definition) is 1. The number of piperidine rings is 1. The van der Waals surface area contributed by atoms with Gasteiger partial charge in [-0.3, -0.25) is 0 Å². The lowest BCUT2D eigenvalue weighted by Crippen LogP contribution is -2.54. The molecule has 5 rings (SSSR count). The number of nitrogens with zero attached hydrogens (tertiary/aromatic N) is 5. The molecular formula is C20H22FN6O2S2+. The normalized spacial score (nSPS) is 22.5. The van der Waals surface area contributed by atoms with Crippen LogP contribution in [0.1, 0.15) is 25.3 Å². The molecule has 0 bridgehead atoms. The van der Waals surface area contributed by atoms with Crippen molar-refractivity contribution in [2.45, 2.75) is 25.2 Å². The molecule has 1 unspecified atom stereocenters. The zero-order valence-corrected chi connectivity index (χ0v) is 18.6. The van der Waals surface area contributed by atoms with Crippen LogP contribution in [0.5, 0.6) is 0 Å². The van der Waals surface area contributed by atoms with Crippen molar-refractivity contribution in [3.8, 4) is 10.7 Å². The Morgan fingerprint density at radius 3 is 2.68 bits per heavy atom. The van der Waals surface area contributed by atoms with Crippen molar-refractivity contribution in [2.24, 2.45) is 0 Å². The molecule has 0 radical (unpaired) electrons. The molecule has 0 saturated carbocycles. The van der Waals surface area contributed by atoms with Crippen LogP contribution < -0.4 is 9.21 Å². The zero-order chi connectivity index (χ0) is 21.7. The van der Waals surface area contributed by atoms with Crippen molar-refractivity contribution in [3.05, 3.63) is 47.5 Å². The third-order valence-corrected chi connectivity index (χ3v) is 9.34. The van der Waals surface area contributed by atoms with E-state index in [2.05, 4.69) is 25.5 Å². The molecule has 1 saturated heterocycles. The largest absolute Gasteiger partial charge is 0.317 e. The monoisotopic (exact) mass is 461 g/mol. The smallest absolute Gasteiger partial charge is 0.307 e. The fourth-order valence-corrected chi connectivity index (χ4v) is 7.13. The summed E-state index contributed by atoms with van der Waals surface area (Å²) in [5.74, 6) is -0.286. The van der Waals surface area contributed by atoms with E-state index in [1.165, 1.54) is 35.9 Å². The van der Waals surface area contributed by atoms with Crippen LogP contribution in [0.2, 0.25) is 0 Å². The Balaban J connectivity index is 1.74. The minimum absolute atomic E-state index is 0.100. The first kappa shape index (κ1) is 20.6. The van der Waals surface area contributed by atoms with Crippen molar-refractivity contribution in [2.75, 3.05) is 25.4 Å². The summed E-state index contributed by atoms with van der Waals surface area (Å²) >= 11 is 1.33. The fourth-order valence-electron chi connectivity index (χ4n) is 4.90. The standard InChI is InChI=1S/C20H22FN6O2S2/c1-2-31(28,29)27(18-11-23-16(10-24-18)19-26-25-13-30-19)12-20(5-7-22-8-6-20)15-4-3-14(21)9-17(15)27/h3-4,9-11,13,22H,2,5-8,12H2,1H3/q+1. The van der Waals surface area contributed by atoms with Crippen LogP contribution in [0.15, 0.2) is 36.1 Å². The highest BCUT2D eigenvalue weighted by Crippen LogP contribution is 2.55. The molecule has 0 amide bonds. The number of nitrogens with one attached hydrogen (secondary N) is 1. The van der Waals surface area contributed by atoms with Crippen molar-refractivity contribution in [3.63, 3.8) is 0 Å². The molecular weight excluding hydrogens is 439 g/mol. The van der Waals surface area contributed by atoms with Gasteiger partial charge in [-0.05, 0) is 45.0 Å². The topological polar surface area (TPSA) is 97.7 Å². The van der Waals surface area contributed by atoms with Gasteiger partial charge >= 0.3 is 10.0 Å². The fraction of sp³-hybridized carbons (Fsp3) is 0.400. The average molecular weight is 462 g/mol. The van der Waals surface area contributed by atoms with Crippen LogP contribution >= 0.6 is 11.3 Å². The predicted molar refractivity (Wildman–Crippen MR) is 117 cm³/mol. The number of sulfonamides is 1. The maximum absolute atomic E-state index is 14.5. The highest BCUT2D eigenvalue weighted by atomic mass is 32.2. The lowest BCUT2D eigenvalue weighted by molar-refractivity contribution is 0.295. The maximum Gasteiger partial charge on any atom is 0.307 e. The third kappa shape index (κ3) is 3.02. The van der Waals surface area contributed by atoms with Gasteiger partial charge in [-0.2, -0.15) is 13.4 Å². The molecule has 2 aromatic heterocycles. The minimum Gasteiger partial charge on any atom is -0.317 e. The van der Waals surface area contributed by atoms with E-state index < -0.39 is 19.7 Å². The van der Waals surface area contributed by atoms with E-state index in [-0.39, 0.29) is 23.5 Å². The molecule has 4 heterocycles. The molecule has 1 aromatic carbocycles. The molecule has 8 nitrogen and oxygen atoms in total. The maximum atomic E-state index is 14.5. The van der Waals surface area contributed by atoms with Crippen LogP contribution in [0.4, 0.5) is 15.9 Å². The minimum atomic E-state index is -3.76. The van der Waals surface area contributed by atoms with Crippen LogP contribution in [0, 0.1) is 5.82 Å². The Bertz CT molecular complexity index is 1210. The van der Waals surface area contributed by atoms with Gasteiger partial charge in [0.25, 0.3) is 5.82 Å². The average Bonchev–Trinajstić information content (AvgIpc) is 3.41. The second-order valence-corrected chi connectivity index (χ2v) is 11.2. The predicted octanol–water partition coefficient (Wildman–Crippen LogP) is 2.76. The molecule has 2 aliphatic heterocycles. The first-order valence-corrected chi connectivity index (χ1v) is 12.6. The van der Waals surface area contributed by atoms with Crippen molar-refractivity contribution < 1.29 is 12.8 Å². The van der Waals surface area contributed by atoms with Gasteiger partial charge in [0.05, 0.1) is 17.4 Å². The Morgan fingerprint density at radius 2 is 2.03 bits per heavy atom. The van der Waals surface area contributed by atoms with Crippen LogP contribution in [-0.2, 0) is 15.4 Å². The number of benzene rings is 1. The van der Waals surface area contributed by atoms with Crippen LogP contribution in [0.25, 0.3) is 10.7 Å². The van der Waals surface area contributed by atoms with Gasteiger partial charge in [0.15, 0.2) is 10.7 Å². The van der Waals surface area contributed by atoms with E-state index in [1.807, 2.05) is 0 Å². The van der Waals surface area contributed by atoms with Crippen molar-refractivity contribution in [1.29, 1.82) is 0 Å². The number of hydrogen-bond acceptors (Lipinski definition) is 8. The molecule has 1 fully saturated rings. The molecule has 1 atom stereocenters. The second-order valence-electron chi connectivity index (χ2n) is 7.96. The zero-order valence-electron chi connectivity index (χ0n) is 17.0. The molecule has 31 heavy (non-hydrogen) atoms. The number of fused-ring (bicyclic) bond motifs is 2. The summed E-state index contributed by atoms with van der Waals surface area (Å²) in [6.07, 6.45) is 4.56. The first-order valence-electron chi connectivity index (χ1n) is 10.1. The molecule has 1 spiro atoms. The quantitative estimate of drug-likeness (QED) is 0.597. The number of halogens is 1. The van der Waals surface area contributed by atoms with Crippen LogP contribution in [0.3, 0.4) is 0 Å². The second kappa shape index (κ2) is 7.37. The molecule has 1 N–H and O–H groups in total. The van der Waals surface area contributed by atoms with Gasteiger partial charge < -0.3 is 5.32 Å². The van der Waals surface area contributed by atoms with Gasteiger partial charge in [0, 0.05) is 11.6 Å².